The molecule has 0 spiro atoms. The molecule has 2 aromatic carbocycles. The average molecular weight is 455 g/mol. The fourth-order valence-corrected chi connectivity index (χ4v) is 3.83. The van der Waals surface area contributed by atoms with Gasteiger partial charge in [-0.3, -0.25) is 9.59 Å². The lowest BCUT2D eigenvalue weighted by molar-refractivity contribution is -0.141. The molecule has 1 N–H and O–H groups in total. The molecule has 0 aromatic heterocycles. The number of carbonyl (C=O) groups excluding carboxylic acids is 2. The molecule has 2 rings (SSSR count). The number of amides is 2. The summed E-state index contributed by atoms with van der Waals surface area (Å²) in [7, 11) is 3.20. The number of benzene rings is 2. The standard InChI is InChI=1S/C27H38N2O4/c1-6-8-17-28-27(31)23(7-2)29(19-22-12-10-9-11-20(22)3)26(30)16-14-21-13-15-24(32-4)25(18-21)33-5/h9-13,15,18,23H,6-8,14,16-17,19H2,1-5H3,(H,28,31)/t23-/m1/s1. The maximum atomic E-state index is 13.4. The van der Waals surface area contributed by atoms with Gasteiger partial charge in [-0.2, -0.15) is 0 Å². The second kappa shape index (κ2) is 13.5. The number of hydrogen-bond acceptors (Lipinski definition) is 4. The van der Waals surface area contributed by atoms with Crippen molar-refractivity contribution in [2.45, 2.75) is 65.5 Å². The molecule has 6 nitrogen and oxygen atoms in total. The number of nitrogens with zero attached hydrogens (tertiary/aromatic N) is 1. The highest BCUT2D eigenvalue weighted by molar-refractivity contribution is 5.87. The molecule has 0 aliphatic rings. The van der Waals surface area contributed by atoms with Gasteiger partial charge in [-0.05, 0) is 55.0 Å². The summed E-state index contributed by atoms with van der Waals surface area (Å²) in [6.45, 7) is 7.12. The van der Waals surface area contributed by atoms with Crippen LogP contribution in [0.25, 0.3) is 0 Å². The number of unbranched alkanes of at least 4 members (excludes halogenated alkanes) is 1. The van der Waals surface area contributed by atoms with Crippen LogP contribution in [0.1, 0.15) is 56.2 Å². The molecule has 0 aliphatic carbocycles. The lowest BCUT2D eigenvalue weighted by Crippen LogP contribution is -2.49. The number of ether oxygens (including phenoxy) is 2. The van der Waals surface area contributed by atoms with E-state index in [9.17, 15) is 9.59 Å². The van der Waals surface area contributed by atoms with Gasteiger partial charge in [0.25, 0.3) is 0 Å². The van der Waals surface area contributed by atoms with Crippen molar-refractivity contribution in [3.05, 3.63) is 59.2 Å². The molecule has 0 heterocycles. The van der Waals surface area contributed by atoms with Gasteiger partial charge in [0, 0.05) is 19.5 Å². The monoisotopic (exact) mass is 454 g/mol. The van der Waals surface area contributed by atoms with Crippen molar-refractivity contribution < 1.29 is 19.1 Å². The summed E-state index contributed by atoms with van der Waals surface area (Å²) in [6.07, 6.45) is 3.35. The zero-order chi connectivity index (χ0) is 24.2. The third kappa shape index (κ3) is 7.52. The van der Waals surface area contributed by atoms with E-state index in [1.165, 1.54) is 0 Å². The maximum Gasteiger partial charge on any atom is 0.242 e. The zero-order valence-corrected chi connectivity index (χ0v) is 20.6. The largest absolute Gasteiger partial charge is 0.493 e. The highest BCUT2D eigenvalue weighted by Gasteiger charge is 2.28. The van der Waals surface area contributed by atoms with E-state index in [-0.39, 0.29) is 11.8 Å². The van der Waals surface area contributed by atoms with Gasteiger partial charge >= 0.3 is 0 Å². The number of hydrogen-bond donors (Lipinski definition) is 1. The van der Waals surface area contributed by atoms with Crippen molar-refractivity contribution in [1.29, 1.82) is 0 Å². The highest BCUT2D eigenvalue weighted by Crippen LogP contribution is 2.28. The van der Waals surface area contributed by atoms with E-state index >= 15 is 0 Å². The summed E-state index contributed by atoms with van der Waals surface area (Å²) in [5, 5.41) is 3.01. The van der Waals surface area contributed by atoms with Crippen LogP contribution in [0.4, 0.5) is 0 Å². The van der Waals surface area contributed by atoms with Crippen LogP contribution in [0, 0.1) is 6.92 Å². The quantitative estimate of drug-likeness (QED) is 0.447. The summed E-state index contributed by atoms with van der Waals surface area (Å²) >= 11 is 0. The van der Waals surface area contributed by atoms with Gasteiger partial charge in [-0.25, -0.2) is 0 Å². The molecular formula is C27H38N2O4. The molecule has 0 saturated heterocycles. The Kier molecular flexibility index (Phi) is 10.7. The van der Waals surface area contributed by atoms with Crippen LogP contribution in [0.15, 0.2) is 42.5 Å². The van der Waals surface area contributed by atoms with Crippen molar-refractivity contribution in [2.75, 3.05) is 20.8 Å². The van der Waals surface area contributed by atoms with Crippen LogP contribution < -0.4 is 14.8 Å². The van der Waals surface area contributed by atoms with Crippen molar-refractivity contribution in [2.24, 2.45) is 0 Å². The first-order valence-electron chi connectivity index (χ1n) is 11.8. The summed E-state index contributed by atoms with van der Waals surface area (Å²) in [4.78, 5) is 28.1. The molecule has 2 amide bonds. The van der Waals surface area contributed by atoms with Crippen LogP contribution in [-0.4, -0.2) is 43.5 Å². The van der Waals surface area contributed by atoms with E-state index < -0.39 is 6.04 Å². The zero-order valence-electron chi connectivity index (χ0n) is 20.6. The Morgan fingerprint density at radius 2 is 1.76 bits per heavy atom. The van der Waals surface area contributed by atoms with Gasteiger partial charge in [0.05, 0.1) is 14.2 Å². The number of rotatable bonds is 13. The van der Waals surface area contributed by atoms with Gasteiger partial charge in [-0.1, -0.05) is 50.6 Å². The lowest BCUT2D eigenvalue weighted by Gasteiger charge is -2.31. The van der Waals surface area contributed by atoms with E-state index in [0.29, 0.717) is 43.9 Å². The third-order valence-corrected chi connectivity index (χ3v) is 5.89. The van der Waals surface area contributed by atoms with E-state index in [1.54, 1.807) is 19.1 Å². The normalized spacial score (nSPS) is 11.5. The van der Waals surface area contributed by atoms with Crippen LogP contribution in [0.3, 0.4) is 0 Å². The molecule has 0 radical (unpaired) electrons. The summed E-state index contributed by atoms with van der Waals surface area (Å²) < 4.78 is 10.7. The molecule has 0 fully saturated rings. The highest BCUT2D eigenvalue weighted by atomic mass is 16.5. The molecule has 180 valence electrons. The van der Waals surface area contributed by atoms with Gasteiger partial charge in [0.15, 0.2) is 11.5 Å². The first-order valence-corrected chi connectivity index (χ1v) is 11.8. The minimum Gasteiger partial charge on any atom is -0.493 e. The molecule has 1 atom stereocenters. The van der Waals surface area contributed by atoms with Crippen LogP contribution in [0.2, 0.25) is 0 Å². The predicted octanol–water partition coefficient (Wildman–Crippen LogP) is 4.67. The molecule has 6 heteroatoms. The average Bonchev–Trinajstić information content (AvgIpc) is 2.83. The maximum absolute atomic E-state index is 13.4. The Morgan fingerprint density at radius 3 is 2.39 bits per heavy atom. The number of nitrogens with one attached hydrogen (secondary N) is 1. The van der Waals surface area contributed by atoms with Gasteiger partial charge in [0.2, 0.25) is 11.8 Å². The Hall–Kier alpha value is -3.02. The molecule has 2 aromatic rings. The predicted molar refractivity (Wildman–Crippen MR) is 132 cm³/mol. The van der Waals surface area contributed by atoms with E-state index in [1.807, 2.05) is 56.3 Å². The van der Waals surface area contributed by atoms with Crippen molar-refractivity contribution in [1.82, 2.24) is 10.2 Å². The number of methoxy groups -OCH3 is 2. The summed E-state index contributed by atoms with van der Waals surface area (Å²) in [5.74, 6) is 1.18. The van der Waals surface area contributed by atoms with Crippen molar-refractivity contribution >= 4 is 11.8 Å². The minimum atomic E-state index is -0.501. The molecular weight excluding hydrogens is 416 g/mol. The fraction of sp³-hybridized carbons (Fsp3) is 0.481. The third-order valence-electron chi connectivity index (χ3n) is 5.89. The number of carbonyl (C=O) groups is 2. The first-order chi connectivity index (χ1) is 15.9. The Labute approximate surface area is 198 Å². The first kappa shape index (κ1) is 26.2. The van der Waals surface area contributed by atoms with E-state index in [0.717, 1.165) is 29.5 Å². The lowest BCUT2D eigenvalue weighted by atomic mass is 10.0. The second-order valence-electron chi connectivity index (χ2n) is 8.21. The Bertz CT molecular complexity index is 913. The van der Waals surface area contributed by atoms with Gasteiger partial charge < -0.3 is 19.7 Å². The molecule has 0 unspecified atom stereocenters. The summed E-state index contributed by atoms with van der Waals surface area (Å²) in [5.41, 5.74) is 3.14. The molecule has 0 saturated carbocycles. The number of aryl methyl sites for hydroxylation is 2. The van der Waals surface area contributed by atoms with Gasteiger partial charge in [-0.15, -0.1) is 0 Å². The SMILES string of the molecule is CCCCNC(=O)[C@@H](CC)N(Cc1ccccc1C)C(=O)CCc1ccc(OC)c(OC)c1. The second-order valence-corrected chi connectivity index (χ2v) is 8.21. The smallest absolute Gasteiger partial charge is 0.242 e. The topological polar surface area (TPSA) is 67.9 Å². The van der Waals surface area contributed by atoms with Crippen molar-refractivity contribution in [3.63, 3.8) is 0 Å². The molecule has 0 aliphatic heterocycles. The fourth-order valence-electron chi connectivity index (χ4n) is 3.83. The molecule has 33 heavy (non-hydrogen) atoms. The van der Waals surface area contributed by atoms with Crippen LogP contribution in [-0.2, 0) is 22.6 Å². The summed E-state index contributed by atoms with van der Waals surface area (Å²) in [6, 6.07) is 13.2. The van der Waals surface area contributed by atoms with Crippen molar-refractivity contribution in [3.8, 4) is 11.5 Å². The van der Waals surface area contributed by atoms with Crippen LogP contribution >= 0.6 is 0 Å². The van der Waals surface area contributed by atoms with E-state index in [4.69, 9.17) is 9.47 Å². The van der Waals surface area contributed by atoms with Crippen LogP contribution in [0.5, 0.6) is 11.5 Å². The molecule has 0 bridgehead atoms. The van der Waals surface area contributed by atoms with E-state index in [2.05, 4.69) is 12.2 Å². The Morgan fingerprint density at radius 1 is 1.03 bits per heavy atom. The minimum absolute atomic E-state index is 0.0365. The van der Waals surface area contributed by atoms with Gasteiger partial charge in [0.1, 0.15) is 6.04 Å². The Balaban J connectivity index is 2.21.